The van der Waals surface area contributed by atoms with Crippen LogP contribution in [0.2, 0.25) is 0 Å². The molecule has 3 rings (SSSR count). The molecule has 160 valence electrons. The summed E-state index contributed by atoms with van der Waals surface area (Å²) in [5.74, 6) is -0.189. The first-order valence-electron chi connectivity index (χ1n) is 9.75. The monoisotopic (exact) mass is 420 g/mol. The van der Waals surface area contributed by atoms with Gasteiger partial charge in [0.05, 0.1) is 12.2 Å². The first-order chi connectivity index (χ1) is 15.1. The Bertz CT molecular complexity index is 1070. The minimum absolute atomic E-state index is 0.0612. The summed E-state index contributed by atoms with van der Waals surface area (Å²) >= 11 is 0. The Hall–Kier alpha value is -3.68. The van der Waals surface area contributed by atoms with Gasteiger partial charge in [0.1, 0.15) is 12.4 Å². The van der Waals surface area contributed by atoms with Crippen LogP contribution in [0.25, 0.3) is 16.8 Å². The molecule has 0 heterocycles. The van der Waals surface area contributed by atoms with Crippen molar-refractivity contribution in [3.8, 4) is 5.75 Å². The largest absolute Gasteiger partial charge is 0.488 e. The molecular formula is C24H24N2O5. The second kappa shape index (κ2) is 10.9. The topological polar surface area (TPSA) is 96.9 Å². The minimum Gasteiger partial charge on any atom is -0.488 e. The highest BCUT2D eigenvalue weighted by atomic mass is 16.5. The number of hydrogen-bond donors (Lipinski definition) is 3. The lowest BCUT2D eigenvalue weighted by Crippen LogP contribution is -2.30. The summed E-state index contributed by atoms with van der Waals surface area (Å²) < 4.78 is 11.0. The molecule has 0 unspecified atom stereocenters. The third-order valence-corrected chi connectivity index (χ3v) is 4.63. The van der Waals surface area contributed by atoms with E-state index >= 15 is 0 Å². The number of carbonyl (C=O) groups is 2. The number of carbonyl (C=O) groups excluding carboxylic acids is 2. The molecule has 7 nitrogen and oxygen atoms in total. The first-order valence-corrected chi connectivity index (χ1v) is 9.75. The number of benzene rings is 3. The molecule has 0 radical (unpaired) electrons. The van der Waals surface area contributed by atoms with Crippen molar-refractivity contribution in [2.75, 3.05) is 26.9 Å². The number of hydrogen-bond acceptors (Lipinski definition) is 5. The number of nitrogens with one attached hydrogen (secondary N) is 2. The summed E-state index contributed by atoms with van der Waals surface area (Å²) in [6.07, 6.45) is 1.70. The predicted molar refractivity (Wildman–Crippen MR) is 118 cm³/mol. The number of ether oxygens (including phenoxy) is 2. The maximum atomic E-state index is 12.7. The van der Waals surface area contributed by atoms with Gasteiger partial charge in [-0.3, -0.25) is 14.8 Å². The summed E-state index contributed by atoms with van der Waals surface area (Å²) in [6, 6.07) is 20.1. The van der Waals surface area contributed by atoms with Gasteiger partial charge in [-0.25, -0.2) is 5.48 Å². The highest BCUT2D eigenvalue weighted by molar-refractivity contribution is 5.98. The summed E-state index contributed by atoms with van der Waals surface area (Å²) in [4.78, 5) is 24.2. The second-order valence-electron chi connectivity index (χ2n) is 6.75. The van der Waals surface area contributed by atoms with Crippen LogP contribution in [0, 0.1) is 0 Å². The van der Waals surface area contributed by atoms with E-state index in [4.69, 9.17) is 14.7 Å². The minimum atomic E-state index is -0.604. The van der Waals surface area contributed by atoms with Crippen molar-refractivity contribution in [3.05, 3.63) is 83.4 Å². The normalized spacial score (nSPS) is 11.2. The van der Waals surface area contributed by atoms with Crippen LogP contribution >= 0.6 is 0 Å². The maximum Gasteiger partial charge on any atom is 0.274 e. The van der Waals surface area contributed by atoms with E-state index in [0.717, 1.165) is 10.8 Å². The Labute approximate surface area is 180 Å². The van der Waals surface area contributed by atoms with Crippen molar-refractivity contribution >= 4 is 28.7 Å². The summed E-state index contributed by atoms with van der Waals surface area (Å²) in [5.41, 5.74) is 3.03. The molecule has 0 spiro atoms. The third-order valence-electron chi connectivity index (χ3n) is 4.63. The van der Waals surface area contributed by atoms with Crippen LogP contribution < -0.4 is 15.5 Å². The van der Waals surface area contributed by atoms with Gasteiger partial charge in [-0.05, 0) is 35.2 Å². The molecule has 3 N–H and O–H groups in total. The van der Waals surface area contributed by atoms with Crippen molar-refractivity contribution in [2.45, 2.75) is 0 Å². The Balaban J connectivity index is 1.82. The zero-order valence-electron chi connectivity index (χ0n) is 17.1. The Morgan fingerprint density at radius 2 is 1.74 bits per heavy atom. The van der Waals surface area contributed by atoms with Crippen molar-refractivity contribution in [2.24, 2.45) is 0 Å². The molecular weight excluding hydrogens is 396 g/mol. The van der Waals surface area contributed by atoms with Gasteiger partial charge in [0.25, 0.3) is 11.8 Å². The number of hydroxylamine groups is 1. The van der Waals surface area contributed by atoms with Crippen LogP contribution in [0.15, 0.2) is 72.3 Å². The van der Waals surface area contributed by atoms with E-state index in [2.05, 4.69) is 5.32 Å². The smallest absolute Gasteiger partial charge is 0.274 e. The van der Waals surface area contributed by atoms with Gasteiger partial charge < -0.3 is 14.8 Å². The van der Waals surface area contributed by atoms with Gasteiger partial charge in [0.2, 0.25) is 0 Å². The first kappa shape index (κ1) is 22.0. The van der Waals surface area contributed by atoms with E-state index in [1.165, 1.54) is 0 Å². The van der Waals surface area contributed by atoms with Crippen molar-refractivity contribution in [1.82, 2.24) is 10.8 Å². The number of methoxy groups -OCH3 is 1. The standard InChI is InChI=1S/C24H24N2O5/c1-30-14-13-25-23(27)20(15-17-9-11-19(12-10-17)24(28)26-29)16-31-22-8-4-6-18-5-2-3-7-21(18)22/h2-12,15,29H,13-14,16H2,1H3,(H,25,27)(H,26,28). The van der Waals surface area contributed by atoms with Crippen molar-refractivity contribution in [3.63, 3.8) is 0 Å². The zero-order valence-corrected chi connectivity index (χ0v) is 17.1. The van der Waals surface area contributed by atoms with E-state index in [1.54, 1.807) is 42.9 Å². The highest BCUT2D eigenvalue weighted by Crippen LogP contribution is 2.25. The number of fused-ring (bicyclic) bond motifs is 1. The molecule has 3 aromatic carbocycles. The fraction of sp³-hybridized carbons (Fsp3) is 0.167. The molecule has 0 fully saturated rings. The molecule has 7 heteroatoms. The summed E-state index contributed by atoms with van der Waals surface area (Å²) in [6.45, 7) is 0.830. The third kappa shape index (κ3) is 5.91. The molecule has 31 heavy (non-hydrogen) atoms. The van der Waals surface area contributed by atoms with Crippen LogP contribution in [-0.2, 0) is 9.53 Å². The lowest BCUT2D eigenvalue weighted by atomic mass is 10.1. The van der Waals surface area contributed by atoms with E-state index in [0.29, 0.717) is 35.6 Å². The van der Waals surface area contributed by atoms with E-state index in [9.17, 15) is 9.59 Å². The van der Waals surface area contributed by atoms with Gasteiger partial charge in [-0.15, -0.1) is 0 Å². The Morgan fingerprint density at radius 1 is 1.00 bits per heavy atom. The fourth-order valence-electron chi connectivity index (χ4n) is 3.03. The molecule has 0 aliphatic rings. The molecule has 3 aromatic rings. The lowest BCUT2D eigenvalue weighted by molar-refractivity contribution is -0.117. The van der Waals surface area contributed by atoms with E-state index in [-0.39, 0.29) is 12.5 Å². The number of amides is 2. The predicted octanol–water partition coefficient (Wildman–Crippen LogP) is 3.18. The van der Waals surface area contributed by atoms with Gasteiger partial charge in [0.15, 0.2) is 0 Å². The second-order valence-corrected chi connectivity index (χ2v) is 6.75. The van der Waals surface area contributed by atoms with Crippen LogP contribution in [0.4, 0.5) is 0 Å². The molecule has 0 aliphatic carbocycles. The average Bonchev–Trinajstić information content (AvgIpc) is 2.81. The van der Waals surface area contributed by atoms with Crippen LogP contribution in [0.5, 0.6) is 5.75 Å². The van der Waals surface area contributed by atoms with Crippen LogP contribution in [0.3, 0.4) is 0 Å². The molecule has 0 atom stereocenters. The molecule has 0 bridgehead atoms. The van der Waals surface area contributed by atoms with Gasteiger partial charge in [-0.2, -0.15) is 0 Å². The average molecular weight is 420 g/mol. The van der Waals surface area contributed by atoms with E-state index in [1.807, 2.05) is 42.5 Å². The lowest BCUT2D eigenvalue weighted by Gasteiger charge is -2.13. The van der Waals surface area contributed by atoms with Crippen molar-refractivity contribution in [1.29, 1.82) is 0 Å². The molecule has 0 aliphatic heterocycles. The summed E-state index contributed by atoms with van der Waals surface area (Å²) in [5, 5.41) is 13.6. The quantitative estimate of drug-likeness (QED) is 0.214. The number of rotatable bonds is 9. The van der Waals surface area contributed by atoms with Gasteiger partial charge in [0, 0.05) is 24.6 Å². The maximum absolute atomic E-state index is 12.7. The SMILES string of the molecule is COCCNC(=O)C(=Cc1ccc(C(=O)NO)cc1)COc1cccc2ccccc12. The van der Waals surface area contributed by atoms with E-state index < -0.39 is 5.91 Å². The zero-order chi connectivity index (χ0) is 22.1. The Kier molecular flexibility index (Phi) is 7.75. The Morgan fingerprint density at radius 3 is 2.48 bits per heavy atom. The fourth-order valence-corrected chi connectivity index (χ4v) is 3.03. The summed E-state index contributed by atoms with van der Waals surface area (Å²) in [7, 11) is 1.57. The van der Waals surface area contributed by atoms with Gasteiger partial charge >= 0.3 is 0 Å². The van der Waals surface area contributed by atoms with Crippen LogP contribution in [0.1, 0.15) is 15.9 Å². The molecule has 0 saturated heterocycles. The molecule has 2 amide bonds. The molecule has 0 saturated carbocycles. The molecule has 0 aromatic heterocycles. The highest BCUT2D eigenvalue weighted by Gasteiger charge is 2.12. The van der Waals surface area contributed by atoms with Crippen molar-refractivity contribution < 1.29 is 24.3 Å². The van der Waals surface area contributed by atoms with Gasteiger partial charge in [-0.1, -0.05) is 48.5 Å². The van der Waals surface area contributed by atoms with Crippen LogP contribution in [-0.4, -0.2) is 43.9 Å².